The number of carbonyl (C=O) groups is 1. The summed E-state index contributed by atoms with van der Waals surface area (Å²) < 4.78 is 3.17. The minimum atomic E-state index is -0.189. The van der Waals surface area contributed by atoms with Crippen LogP contribution in [0, 0.1) is 0 Å². The monoisotopic (exact) mass is 401 g/mol. The minimum Gasteiger partial charge on any atom is -0.368 e. The number of fused-ring (bicyclic) bond motifs is 3. The summed E-state index contributed by atoms with van der Waals surface area (Å²) in [5.41, 5.74) is 2.41. The lowest BCUT2D eigenvalue weighted by molar-refractivity contribution is -0.132. The predicted molar refractivity (Wildman–Crippen MR) is 118 cm³/mol. The molecule has 2 aromatic heterocycles. The molecule has 1 aliphatic rings. The third-order valence-electron chi connectivity index (χ3n) is 5.91. The normalized spacial score (nSPS) is 14.6. The van der Waals surface area contributed by atoms with Gasteiger partial charge in [-0.15, -0.1) is 0 Å². The molecule has 1 saturated heterocycles. The molecular formula is C23H23N5O2. The maximum absolute atomic E-state index is 13.2. The van der Waals surface area contributed by atoms with Crippen molar-refractivity contribution in [1.82, 2.24) is 19.2 Å². The fourth-order valence-corrected chi connectivity index (χ4v) is 4.29. The SMILES string of the molecule is Cn1ncc2c3ccccc3n(CC(=O)N3CCN(c4ccccc4)CC3)c2c1=O. The maximum atomic E-state index is 13.2. The summed E-state index contributed by atoms with van der Waals surface area (Å²) in [5, 5.41) is 5.90. The molecule has 4 aromatic rings. The van der Waals surface area contributed by atoms with Crippen LogP contribution in [0.3, 0.4) is 0 Å². The van der Waals surface area contributed by atoms with Gasteiger partial charge in [-0.3, -0.25) is 9.59 Å². The van der Waals surface area contributed by atoms with Gasteiger partial charge in [0.1, 0.15) is 12.1 Å². The van der Waals surface area contributed by atoms with Crippen molar-refractivity contribution in [3.63, 3.8) is 0 Å². The Hall–Kier alpha value is -3.61. The second kappa shape index (κ2) is 7.33. The Bertz CT molecular complexity index is 1280. The van der Waals surface area contributed by atoms with Gasteiger partial charge >= 0.3 is 0 Å². The van der Waals surface area contributed by atoms with Gasteiger partial charge in [0.05, 0.1) is 6.20 Å². The van der Waals surface area contributed by atoms with Gasteiger partial charge in [0.25, 0.3) is 5.56 Å². The summed E-state index contributed by atoms with van der Waals surface area (Å²) >= 11 is 0. The zero-order chi connectivity index (χ0) is 20.7. The van der Waals surface area contributed by atoms with Crippen LogP contribution in [0.4, 0.5) is 5.69 Å². The molecule has 0 saturated carbocycles. The van der Waals surface area contributed by atoms with E-state index in [0.29, 0.717) is 18.6 Å². The van der Waals surface area contributed by atoms with E-state index < -0.39 is 0 Å². The zero-order valence-corrected chi connectivity index (χ0v) is 16.9. The van der Waals surface area contributed by atoms with Crippen molar-refractivity contribution in [2.45, 2.75) is 6.54 Å². The van der Waals surface area contributed by atoms with Crippen LogP contribution < -0.4 is 10.5 Å². The van der Waals surface area contributed by atoms with E-state index in [9.17, 15) is 9.59 Å². The first-order valence-corrected chi connectivity index (χ1v) is 10.1. The second-order valence-electron chi connectivity index (χ2n) is 7.64. The molecule has 1 fully saturated rings. The lowest BCUT2D eigenvalue weighted by Gasteiger charge is -2.36. The molecule has 0 bridgehead atoms. The molecule has 1 aliphatic heterocycles. The third-order valence-corrected chi connectivity index (χ3v) is 5.91. The van der Waals surface area contributed by atoms with Gasteiger partial charge in [0, 0.05) is 55.2 Å². The molecule has 7 nitrogen and oxygen atoms in total. The highest BCUT2D eigenvalue weighted by Crippen LogP contribution is 2.26. The van der Waals surface area contributed by atoms with Gasteiger partial charge < -0.3 is 14.4 Å². The molecule has 0 aliphatic carbocycles. The summed E-state index contributed by atoms with van der Waals surface area (Å²) in [6, 6.07) is 18.1. The minimum absolute atomic E-state index is 0.0317. The largest absolute Gasteiger partial charge is 0.368 e. The Morgan fingerprint density at radius 2 is 1.63 bits per heavy atom. The lowest BCUT2D eigenvalue weighted by atomic mass is 10.2. The van der Waals surface area contributed by atoms with Crippen molar-refractivity contribution < 1.29 is 4.79 Å². The molecule has 3 heterocycles. The van der Waals surface area contributed by atoms with E-state index in [1.807, 2.05) is 51.9 Å². The van der Waals surface area contributed by atoms with Crippen molar-refractivity contribution in [3.05, 3.63) is 71.1 Å². The number of carbonyl (C=O) groups excluding carboxylic acids is 1. The number of benzene rings is 2. The van der Waals surface area contributed by atoms with E-state index in [4.69, 9.17) is 0 Å². The smallest absolute Gasteiger partial charge is 0.291 e. The van der Waals surface area contributed by atoms with Crippen molar-refractivity contribution in [2.75, 3.05) is 31.1 Å². The molecule has 7 heteroatoms. The Morgan fingerprint density at radius 1 is 0.933 bits per heavy atom. The van der Waals surface area contributed by atoms with Crippen molar-refractivity contribution in [1.29, 1.82) is 0 Å². The highest BCUT2D eigenvalue weighted by Gasteiger charge is 2.23. The van der Waals surface area contributed by atoms with Gasteiger partial charge in [-0.25, -0.2) is 4.68 Å². The summed E-state index contributed by atoms with van der Waals surface area (Å²) in [6.07, 6.45) is 1.71. The average Bonchev–Trinajstić information content (AvgIpc) is 3.11. The fourth-order valence-electron chi connectivity index (χ4n) is 4.29. The second-order valence-corrected chi connectivity index (χ2v) is 7.64. The standard InChI is InChI=1S/C23H23N5O2/c1-25-23(30)22-19(15-24-25)18-9-5-6-10-20(18)28(22)16-21(29)27-13-11-26(12-14-27)17-7-3-2-4-8-17/h2-10,15H,11-14,16H2,1H3. The Labute approximate surface area is 173 Å². The molecule has 5 rings (SSSR count). The van der Waals surface area contributed by atoms with E-state index in [0.717, 1.165) is 29.4 Å². The Morgan fingerprint density at radius 3 is 2.40 bits per heavy atom. The zero-order valence-electron chi connectivity index (χ0n) is 16.9. The molecule has 0 spiro atoms. The van der Waals surface area contributed by atoms with Gasteiger partial charge in [-0.05, 0) is 18.2 Å². The van der Waals surface area contributed by atoms with Crippen LogP contribution >= 0.6 is 0 Å². The fraction of sp³-hybridized carbons (Fsp3) is 0.261. The third kappa shape index (κ3) is 3.03. The van der Waals surface area contributed by atoms with E-state index in [2.05, 4.69) is 22.1 Å². The van der Waals surface area contributed by atoms with E-state index >= 15 is 0 Å². The highest BCUT2D eigenvalue weighted by atomic mass is 16.2. The van der Waals surface area contributed by atoms with E-state index in [1.54, 1.807) is 13.2 Å². The van der Waals surface area contributed by atoms with Crippen LogP contribution in [0.5, 0.6) is 0 Å². The van der Waals surface area contributed by atoms with E-state index in [1.165, 1.54) is 10.4 Å². The quantitative estimate of drug-likeness (QED) is 0.528. The molecule has 152 valence electrons. The maximum Gasteiger partial charge on any atom is 0.291 e. The summed E-state index contributed by atoms with van der Waals surface area (Å²) in [7, 11) is 1.63. The first-order valence-electron chi connectivity index (χ1n) is 10.1. The molecule has 0 unspecified atom stereocenters. The van der Waals surface area contributed by atoms with Gasteiger partial charge in [-0.1, -0.05) is 36.4 Å². The number of rotatable bonds is 3. The van der Waals surface area contributed by atoms with Crippen molar-refractivity contribution >= 4 is 33.4 Å². The molecule has 0 radical (unpaired) electrons. The number of anilines is 1. The average molecular weight is 401 g/mol. The molecule has 1 amide bonds. The first kappa shape index (κ1) is 18.4. The first-order chi connectivity index (χ1) is 14.6. The van der Waals surface area contributed by atoms with Crippen LogP contribution in [0.15, 0.2) is 65.6 Å². The number of piperazine rings is 1. The van der Waals surface area contributed by atoms with E-state index in [-0.39, 0.29) is 18.0 Å². The van der Waals surface area contributed by atoms with Crippen LogP contribution in [0.1, 0.15) is 0 Å². The Kier molecular flexibility index (Phi) is 4.50. The lowest BCUT2D eigenvalue weighted by Crippen LogP contribution is -2.49. The highest BCUT2D eigenvalue weighted by molar-refractivity contribution is 6.07. The topological polar surface area (TPSA) is 63.4 Å². The number of amides is 1. The Balaban J connectivity index is 1.43. The predicted octanol–water partition coefficient (Wildman–Crippen LogP) is 2.24. The number of aromatic nitrogens is 3. The number of para-hydroxylation sites is 2. The van der Waals surface area contributed by atoms with Gasteiger partial charge in [0.2, 0.25) is 5.91 Å². The van der Waals surface area contributed by atoms with Crippen molar-refractivity contribution in [2.24, 2.45) is 7.05 Å². The van der Waals surface area contributed by atoms with Crippen LogP contribution in [-0.4, -0.2) is 51.3 Å². The van der Waals surface area contributed by atoms with Crippen molar-refractivity contribution in [3.8, 4) is 0 Å². The molecule has 30 heavy (non-hydrogen) atoms. The number of nitrogens with zero attached hydrogens (tertiary/aromatic N) is 5. The number of aryl methyl sites for hydroxylation is 1. The molecule has 0 atom stereocenters. The van der Waals surface area contributed by atoms with Crippen LogP contribution in [0.25, 0.3) is 21.8 Å². The molecule has 0 N–H and O–H groups in total. The summed E-state index contributed by atoms with van der Waals surface area (Å²) in [6.45, 7) is 3.09. The van der Waals surface area contributed by atoms with Crippen LogP contribution in [0.2, 0.25) is 0 Å². The number of hydrogen-bond acceptors (Lipinski definition) is 4. The van der Waals surface area contributed by atoms with Gasteiger partial charge in [-0.2, -0.15) is 5.10 Å². The summed E-state index contributed by atoms with van der Waals surface area (Å²) in [4.78, 5) is 30.2. The molecular weight excluding hydrogens is 378 g/mol. The number of hydrogen-bond donors (Lipinski definition) is 0. The summed E-state index contributed by atoms with van der Waals surface area (Å²) in [5.74, 6) is 0.0317. The molecule has 2 aromatic carbocycles. The van der Waals surface area contributed by atoms with Gasteiger partial charge in [0.15, 0.2) is 0 Å². The van der Waals surface area contributed by atoms with Crippen LogP contribution in [-0.2, 0) is 18.4 Å².